The zero-order chi connectivity index (χ0) is 48.6. The fourth-order valence-corrected chi connectivity index (χ4v) is 6.99. The molecule has 0 saturated heterocycles. The van der Waals surface area contributed by atoms with E-state index in [1.807, 2.05) is 0 Å². The van der Waals surface area contributed by atoms with E-state index in [-0.39, 0.29) is 31.1 Å². The smallest absolute Gasteiger partial charge is 0.306 e. The Morgan fingerprint density at radius 3 is 0.851 bits per heavy atom. The van der Waals surface area contributed by atoms with Crippen LogP contribution >= 0.6 is 0 Å². The molecule has 67 heavy (non-hydrogen) atoms. The summed E-state index contributed by atoms with van der Waals surface area (Å²) in [5, 5.41) is 0. The maximum atomic E-state index is 12.8. The Bertz CT molecular complexity index is 1440. The zero-order valence-corrected chi connectivity index (χ0v) is 43.1. The van der Waals surface area contributed by atoms with Crippen molar-refractivity contribution in [1.82, 2.24) is 0 Å². The van der Waals surface area contributed by atoms with E-state index >= 15 is 0 Å². The summed E-state index contributed by atoms with van der Waals surface area (Å²) in [4.78, 5) is 38.1. The number of esters is 3. The Balaban J connectivity index is 4.44. The lowest BCUT2D eigenvalue weighted by Crippen LogP contribution is -2.30. The molecule has 0 radical (unpaired) electrons. The van der Waals surface area contributed by atoms with Crippen molar-refractivity contribution in [3.8, 4) is 0 Å². The van der Waals surface area contributed by atoms with Crippen molar-refractivity contribution in [2.24, 2.45) is 0 Å². The summed E-state index contributed by atoms with van der Waals surface area (Å²) in [6, 6.07) is 0. The molecule has 0 heterocycles. The number of allylic oxidation sites excluding steroid dienone is 20. The SMILES string of the molecule is CC/C=C\C/C=C\C/C=C\C/C=C\CCCCCCCCCCC(=O)OCC(COC(=O)CCCCC/C=C\C/C=C\C/C=C\CC)OC(=O)CCCCCCC/C=C\C/C=C\C/C=C\CC. The Morgan fingerprint density at radius 2 is 0.537 bits per heavy atom. The maximum absolute atomic E-state index is 12.8. The van der Waals surface area contributed by atoms with E-state index in [1.165, 1.54) is 32.1 Å². The van der Waals surface area contributed by atoms with E-state index in [4.69, 9.17) is 14.2 Å². The quantitative estimate of drug-likeness (QED) is 0.0262. The van der Waals surface area contributed by atoms with Crippen molar-refractivity contribution in [2.45, 2.75) is 232 Å². The number of carbonyl (C=O) groups is 3. The van der Waals surface area contributed by atoms with Crippen molar-refractivity contribution in [3.63, 3.8) is 0 Å². The lowest BCUT2D eigenvalue weighted by atomic mass is 10.1. The van der Waals surface area contributed by atoms with Gasteiger partial charge in [-0.1, -0.05) is 206 Å². The molecule has 6 heteroatoms. The van der Waals surface area contributed by atoms with Crippen LogP contribution in [-0.2, 0) is 28.6 Å². The molecule has 0 aromatic heterocycles. The number of ether oxygens (including phenoxy) is 3. The van der Waals surface area contributed by atoms with Gasteiger partial charge in [0.25, 0.3) is 0 Å². The van der Waals surface area contributed by atoms with E-state index in [2.05, 4.69) is 142 Å². The highest BCUT2D eigenvalue weighted by atomic mass is 16.6. The number of unbranched alkanes of at least 4 members (excludes halogenated alkanes) is 16. The minimum Gasteiger partial charge on any atom is -0.462 e. The van der Waals surface area contributed by atoms with E-state index in [9.17, 15) is 14.4 Å². The third-order valence-electron chi connectivity index (χ3n) is 10.9. The van der Waals surface area contributed by atoms with Crippen molar-refractivity contribution < 1.29 is 28.6 Å². The molecule has 0 amide bonds. The van der Waals surface area contributed by atoms with Crippen LogP contribution in [0.4, 0.5) is 0 Å². The third-order valence-corrected chi connectivity index (χ3v) is 10.9. The third kappa shape index (κ3) is 52.6. The van der Waals surface area contributed by atoms with E-state index in [0.29, 0.717) is 19.3 Å². The van der Waals surface area contributed by atoms with Crippen LogP contribution in [0, 0.1) is 0 Å². The molecule has 378 valence electrons. The van der Waals surface area contributed by atoms with E-state index < -0.39 is 6.10 Å². The van der Waals surface area contributed by atoms with Crippen LogP contribution in [0.1, 0.15) is 226 Å². The van der Waals surface area contributed by atoms with E-state index in [0.717, 1.165) is 154 Å². The van der Waals surface area contributed by atoms with E-state index in [1.54, 1.807) is 0 Å². The summed E-state index contributed by atoms with van der Waals surface area (Å²) in [6.07, 6.45) is 74.7. The largest absolute Gasteiger partial charge is 0.462 e. The lowest BCUT2D eigenvalue weighted by molar-refractivity contribution is -0.167. The second kappa shape index (κ2) is 54.4. The van der Waals surface area contributed by atoms with Gasteiger partial charge < -0.3 is 14.2 Å². The summed E-state index contributed by atoms with van der Waals surface area (Å²) < 4.78 is 16.8. The molecule has 0 aliphatic heterocycles. The molecule has 0 aromatic rings. The number of hydrogen-bond donors (Lipinski definition) is 0. The normalized spacial score (nSPS) is 13.1. The minimum absolute atomic E-state index is 0.102. The first-order valence-corrected chi connectivity index (χ1v) is 27.0. The average Bonchev–Trinajstić information content (AvgIpc) is 3.33. The maximum Gasteiger partial charge on any atom is 0.306 e. The molecule has 1 unspecified atom stereocenters. The highest BCUT2D eigenvalue weighted by Gasteiger charge is 2.19. The summed E-state index contributed by atoms with van der Waals surface area (Å²) in [7, 11) is 0. The van der Waals surface area contributed by atoms with Gasteiger partial charge in [-0.05, 0) is 122 Å². The molecular weight excluding hydrogens is 829 g/mol. The molecule has 0 saturated carbocycles. The fraction of sp³-hybridized carbons (Fsp3) is 0.623. The molecule has 0 spiro atoms. The standard InChI is InChI=1S/C61H98O6/c1-4-7-10-13-16-19-22-25-27-28-29-30-31-32-34-36-39-42-45-48-51-54-60(63)66-57-58(56-65-59(62)53-50-47-44-41-38-35-24-21-18-15-12-9-6-3)67-61(64)55-52-49-46-43-40-37-33-26-23-20-17-14-11-8-5-2/h7-12,16-21,25-27,29-30,33,35,38,58H,4-6,13-15,22-24,28,31-32,34,36-37,39-57H2,1-3H3/b10-7-,11-8-,12-9-,19-16-,20-17-,21-18-,27-25-,30-29-,33-26-,38-35-. The van der Waals surface area contributed by atoms with Crippen molar-refractivity contribution in [3.05, 3.63) is 122 Å². The van der Waals surface area contributed by atoms with Gasteiger partial charge in [-0.15, -0.1) is 0 Å². The van der Waals surface area contributed by atoms with Crippen LogP contribution < -0.4 is 0 Å². The first-order chi connectivity index (χ1) is 33.0. The van der Waals surface area contributed by atoms with Gasteiger partial charge in [0.2, 0.25) is 0 Å². The average molecular weight is 927 g/mol. The van der Waals surface area contributed by atoms with Gasteiger partial charge in [-0.2, -0.15) is 0 Å². The highest BCUT2D eigenvalue weighted by Crippen LogP contribution is 2.14. The molecule has 0 fully saturated rings. The van der Waals surface area contributed by atoms with Gasteiger partial charge in [0.15, 0.2) is 6.10 Å². The summed E-state index contributed by atoms with van der Waals surface area (Å²) in [5.74, 6) is -0.962. The second-order valence-electron chi connectivity index (χ2n) is 17.3. The molecule has 0 aliphatic carbocycles. The predicted octanol–water partition coefficient (Wildman–Crippen LogP) is 18.1. The van der Waals surface area contributed by atoms with Crippen LogP contribution in [0.25, 0.3) is 0 Å². The van der Waals surface area contributed by atoms with Crippen LogP contribution in [0.15, 0.2) is 122 Å². The number of rotatable bonds is 47. The first kappa shape index (κ1) is 62.8. The Labute approximate surface area is 412 Å². The number of hydrogen-bond acceptors (Lipinski definition) is 6. The minimum atomic E-state index is -0.806. The monoisotopic (exact) mass is 927 g/mol. The van der Waals surface area contributed by atoms with Gasteiger partial charge >= 0.3 is 17.9 Å². The molecule has 0 aliphatic rings. The van der Waals surface area contributed by atoms with Gasteiger partial charge in [0.05, 0.1) is 0 Å². The molecule has 0 N–H and O–H groups in total. The summed E-state index contributed by atoms with van der Waals surface area (Å²) in [6.45, 7) is 6.24. The van der Waals surface area contributed by atoms with Crippen molar-refractivity contribution in [1.29, 1.82) is 0 Å². The van der Waals surface area contributed by atoms with Crippen LogP contribution in [-0.4, -0.2) is 37.2 Å². The molecule has 0 bridgehead atoms. The zero-order valence-electron chi connectivity index (χ0n) is 43.1. The van der Waals surface area contributed by atoms with Crippen molar-refractivity contribution >= 4 is 17.9 Å². The lowest BCUT2D eigenvalue weighted by Gasteiger charge is -2.18. The van der Waals surface area contributed by atoms with Crippen LogP contribution in [0.5, 0.6) is 0 Å². The second-order valence-corrected chi connectivity index (χ2v) is 17.3. The van der Waals surface area contributed by atoms with Crippen LogP contribution in [0.3, 0.4) is 0 Å². The fourth-order valence-electron chi connectivity index (χ4n) is 6.99. The Kier molecular flexibility index (Phi) is 51.0. The Morgan fingerprint density at radius 1 is 0.299 bits per heavy atom. The van der Waals surface area contributed by atoms with Gasteiger partial charge in [0, 0.05) is 19.3 Å². The molecule has 6 nitrogen and oxygen atoms in total. The first-order valence-electron chi connectivity index (χ1n) is 27.0. The van der Waals surface area contributed by atoms with Crippen molar-refractivity contribution in [2.75, 3.05) is 13.2 Å². The molecule has 0 rings (SSSR count). The van der Waals surface area contributed by atoms with Gasteiger partial charge in [-0.25, -0.2) is 0 Å². The van der Waals surface area contributed by atoms with Gasteiger partial charge in [-0.3, -0.25) is 14.4 Å². The predicted molar refractivity (Wildman–Crippen MR) is 288 cm³/mol. The molecule has 1 atom stereocenters. The summed E-state index contributed by atoms with van der Waals surface area (Å²) in [5.41, 5.74) is 0. The molecular formula is C61H98O6. The summed E-state index contributed by atoms with van der Waals surface area (Å²) >= 11 is 0. The molecule has 0 aromatic carbocycles. The highest BCUT2D eigenvalue weighted by molar-refractivity contribution is 5.71. The van der Waals surface area contributed by atoms with Gasteiger partial charge in [0.1, 0.15) is 13.2 Å². The topological polar surface area (TPSA) is 78.9 Å². The van der Waals surface area contributed by atoms with Crippen LogP contribution in [0.2, 0.25) is 0 Å². The Hall–Kier alpha value is -4.19. The number of carbonyl (C=O) groups excluding carboxylic acids is 3.